The van der Waals surface area contributed by atoms with Crippen molar-refractivity contribution >= 4 is 5.97 Å². The third-order valence-corrected chi connectivity index (χ3v) is 2.01. The Kier molecular flexibility index (Phi) is 4.07. The lowest BCUT2D eigenvalue weighted by Crippen LogP contribution is -2.32. The molecular formula is C10H12FNO4. The molecule has 0 aliphatic heterocycles. The van der Waals surface area contributed by atoms with Gasteiger partial charge in [0.2, 0.25) is 6.86 Å². The SMILES string of the molecule is N[C@@H](Cc1ccc(OCF)c(O)c1)C(=O)O. The van der Waals surface area contributed by atoms with Crippen LogP contribution >= 0.6 is 0 Å². The molecule has 0 aliphatic rings. The Hall–Kier alpha value is -1.82. The third kappa shape index (κ3) is 3.09. The second kappa shape index (κ2) is 5.32. The molecule has 0 saturated carbocycles. The summed E-state index contributed by atoms with van der Waals surface area (Å²) in [6.45, 7) is -1.04. The molecule has 0 heterocycles. The predicted octanol–water partition coefficient (Wildman–Crippen LogP) is 0.652. The minimum absolute atomic E-state index is 0.00939. The first kappa shape index (κ1) is 12.3. The second-order valence-corrected chi connectivity index (χ2v) is 3.20. The number of hydrogen-bond acceptors (Lipinski definition) is 4. The summed E-state index contributed by atoms with van der Waals surface area (Å²) >= 11 is 0. The number of carboxylic acid groups (broad SMARTS) is 1. The fourth-order valence-electron chi connectivity index (χ4n) is 1.21. The van der Waals surface area contributed by atoms with Crippen LogP contribution in [-0.4, -0.2) is 29.1 Å². The van der Waals surface area contributed by atoms with E-state index in [0.29, 0.717) is 5.56 Å². The summed E-state index contributed by atoms with van der Waals surface area (Å²) in [7, 11) is 0. The van der Waals surface area contributed by atoms with Crippen molar-refractivity contribution < 1.29 is 24.1 Å². The Morgan fingerprint density at radius 2 is 2.25 bits per heavy atom. The standard InChI is InChI=1S/C10H12FNO4/c11-5-16-9-2-1-6(4-8(9)13)3-7(12)10(14)15/h1-2,4,7,13H,3,5,12H2,(H,14,15)/t7-/m0/s1. The van der Waals surface area contributed by atoms with Crippen molar-refractivity contribution in [2.75, 3.05) is 6.86 Å². The predicted molar refractivity (Wildman–Crippen MR) is 54.0 cm³/mol. The second-order valence-electron chi connectivity index (χ2n) is 3.20. The van der Waals surface area contributed by atoms with Crippen molar-refractivity contribution in [1.29, 1.82) is 0 Å². The molecule has 88 valence electrons. The van der Waals surface area contributed by atoms with Crippen molar-refractivity contribution in [2.45, 2.75) is 12.5 Å². The van der Waals surface area contributed by atoms with Gasteiger partial charge in [-0.15, -0.1) is 0 Å². The van der Waals surface area contributed by atoms with Crippen LogP contribution < -0.4 is 10.5 Å². The molecule has 6 heteroatoms. The van der Waals surface area contributed by atoms with E-state index in [2.05, 4.69) is 4.74 Å². The molecule has 0 amide bonds. The van der Waals surface area contributed by atoms with Gasteiger partial charge in [0, 0.05) is 0 Å². The average Bonchev–Trinajstić information content (AvgIpc) is 2.22. The maximum atomic E-state index is 11.8. The van der Waals surface area contributed by atoms with E-state index >= 15 is 0 Å². The zero-order chi connectivity index (χ0) is 12.1. The van der Waals surface area contributed by atoms with Crippen molar-refractivity contribution in [3.63, 3.8) is 0 Å². The largest absolute Gasteiger partial charge is 0.504 e. The van der Waals surface area contributed by atoms with E-state index in [1.165, 1.54) is 18.2 Å². The summed E-state index contributed by atoms with van der Waals surface area (Å²) in [5.41, 5.74) is 5.86. The van der Waals surface area contributed by atoms with Gasteiger partial charge in [-0.3, -0.25) is 4.79 Å². The Bertz CT molecular complexity index is 383. The van der Waals surface area contributed by atoms with Gasteiger partial charge in [0.05, 0.1) is 0 Å². The van der Waals surface area contributed by atoms with Crippen LogP contribution in [0.4, 0.5) is 4.39 Å². The number of benzene rings is 1. The molecule has 5 nitrogen and oxygen atoms in total. The molecule has 0 fully saturated rings. The number of rotatable bonds is 5. The number of carbonyl (C=O) groups is 1. The van der Waals surface area contributed by atoms with Gasteiger partial charge in [0.15, 0.2) is 11.5 Å². The number of hydrogen-bond donors (Lipinski definition) is 3. The van der Waals surface area contributed by atoms with Gasteiger partial charge in [-0.2, -0.15) is 0 Å². The zero-order valence-corrected chi connectivity index (χ0v) is 8.39. The molecule has 16 heavy (non-hydrogen) atoms. The van der Waals surface area contributed by atoms with E-state index in [4.69, 9.17) is 10.8 Å². The van der Waals surface area contributed by atoms with E-state index in [-0.39, 0.29) is 17.9 Å². The van der Waals surface area contributed by atoms with Gasteiger partial charge in [-0.05, 0) is 24.1 Å². The minimum atomic E-state index is -1.12. The topological polar surface area (TPSA) is 92.8 Å². The highest BCUT2D eigenvalue weighted by Crippen LogP contribution is 2.27. The highest BCUT2D eigenvalue weighted by atomic mass is 19.1. The smallest absolute Gasteiger partial charge is 0.320 e. The summed E-state index contributed by atoms with van der Waals surface area (Å²) in [4.78, 5) is 10.5. The number of aliphatic carboxylic acids is 1. The maximum absolute atomic E-state index is 11.8. The number of ether oxygens (including phenoxy) is 1. The van der Waals surface area contributed by atoms with Crippen LogP contribution in [0.1, 0.15) is 5.56 Å². The lowest BCUT2D eigenvalue weighted by Gasteiger charge is -2.09. The first-order valence-corrected chi connectivity index (χ1v) is 4.53. The molecule has 0 unspecified atom stereocenters. The van der Waals surface area contributed by atoms with Crippen molar-refractivity contribution in [3.8, 4) is 11.5 Å². The molecule has 0 saturated heterocycles. The van der Waals surface area contributed by atoms with E-state index in [1.807, 2.05) is 0 Å². The molecule has 1 aromatic carbocycles. The minimum Gasteiger partial charge on any atom is -0.504 e. The first-order valence-electron chi connectivity index (χ1n) is 4.53. The Balaban J connectivity index is 2.77. The molecule has 0 bridgehead atoms. The van der Waals surface area contributed by atoms with Gasteiger partial charge in [0.25, 0.3) is 0 Å². The molecule has 4 N–H and O–H groups in total. The van der Waals surface area contributed by atoms with E-state index in [0.717, 1.165) is 0 Å². The average molecular weight is 229 g/mol. The van der Waals surface area contributed by atoms with Crippen LogP contribution in [0.2, 0.25) is 0 Å². The normalized spacial score (nSPS) is 12.1. The van der Waals surface area contributed by atoms with E-state index in [1.54, 1.807) is 0 Å². The summed E-state index contributed by atoms with van der Waals surface area (Å²) in [5, 5.41) is 18.0. The van der Waals surface area contributed by atoms with Crippen LogP contribution in [0.15, 0.2) is 18.2 Å². The van der Waals surface area contributed by atoms with Crippen LogP contribution in [0.5, 0.6) is 11.5 Å². The molecule has 0 aromatic heterocycles. The molecule has 1 atom stereocenters. The highest BCUT2D eigenvalue weighted by molar-refractivity contribution is 5.73. The Morgan fingerprint density at radius 1 is 1.56 bits per heavy atom. The van der Waals surface area contributed by atoms with Crippen LogP contribution in [0.25, 0.3) is 0 Å². The molecule has 0 aliphatic carbocycles. The quantitative estimate of drug-likeness (QED) is 0.689. The van der Waals surface area contributed by atoms with E-state index in [9.17, 15) is 14.3 Å². The van der Waals surface area contributed by atoms with Gasteiger partial charge < -0.3 is 20.7 Å². The van der Waals surface area contributed by atoms with Crippen LogP contribution in [0.3, 0.4) is 0 Å². The highest BCUT2D eigenvalue weighted by Gasteiger charge is 2.13. The maximum Gasteiger partial charge on any atom is 0.320 e. The number of aromatic hydroxyl groups is 1. The Morgan fingerprint density at radius 3 is 2.75 bits per heavy atom. The van der Waals surface area contributed by atoms with Crippen molar-refractivity contribution in [1.82, 2.24) is 0 Å². The lowest BCUT2D eigenvalue weighted by molar-refractivity contribution is -0.138. The van der Waals surface area contributed by atoms with Crippen LogP contribution in [-0.2, 0) is 11.2 Å². The van der Waals surface area contributed by atoms with Crippen molar-refractivity contribution in [3.05, 3.63) is 23.8 Å². The number of halogens is 1. The number of alkyl halides is 1. The fourth-order valence-corrected chi connectivity index (χ4v) is 1.21. The monoisotopic (exact) mass is 229 g/mol. The Labute approximate surface area is 91.3 Å². The summed E-state index contributed by atoms with van der Waals surface area (Å²) < 4.78 is 16.3. The summed E-state index contributed by atoms with van der Waals surface area (Å²) in [5.74, 6) is -1.36. The van der Waals surface area contributed by atoms with Crippen LogP contribution in [0, 0.1) is 0 Å². The van der Waals surface area contributed by atoms with Crippen molar-refractivity contribution in [2.24, 2.45) is 5.73 Å². The molecular weight excluding hydrogens is 217 g/mol. The lowest BCUT2D eigenvalue weighted by atomic mass is 10.1. The molecule has 0 radical (unpaired) electrons. The number of carboxylic acids is 1. The number of nitrogens with two attached hydrogens (primary N) is 1. The zero-order valence-electron chi connectivity index (χ0n) is 8.39. The van der Waals surface area contributed by atoms with Gasteiger partial charge in [-0.1, -0.05) is 6.07 Å². The fraction of sp³-hybridized carbons (Fsp3) is 0.300. The number of phenols is 1. The van der Waals surface area contributed by atoms with Gasteiger partial charge >= 0.3 is 5.97 Å². The summed E-state index contributed by atoms with van der Waals surface area (Å²) in [6.07, 6.45) is 0.0821. The van der Waals surface area contributed by atoms with Gasteiger partial charge in [-0.25, -0.2) is 4.39 Å². The molecule has 1 rings (SSSR count). The van der Waals surface area contributed by atoms with Gasteiger partial charge in [0.1, 0.15) is 6.04 Å². The third-order valence-electron chi connectivity index (χ3n) is 2.01. The number of phenolic OH excluding ortho intramolecular Hbond substituents is 1. The first-order chi connectivity index (χ1) is 7.54. The molecule has 1 aromatic rings. The molecule has 0 spiro atoms. The van der Waals surface area contributed by atoms with E-state index < -0.39 is 18.9 Å². The summed E-state index contributed by atoms with van der Waals surface area (Å²) in [6, 6.07) is 3.15.